The third kappa shape index (κ3) is 3.91. The maximum atomic E-state index is 5.34. The molecule has 0 aliphatic carbocycles. The molecule has 0 amide bonds. The Kier molecular flexibility index (Phi) is 5.51. The quantitative estimate of drug-likeness (QED) is 0.793. The van der Waals surface area contributed by atoms with Crippen molar-refractivity contribution in [1.29, 1.82) is 0 Å². The van der Waals surface area contributed by atoms with Gasteiger partial charge in [-0.15, -0.1) is 0 Å². The molecule has 4 heteroatoms. The van der Waals surface area contributed by atoms with Gasteiger partial charge in [-0.2, -0.15) is 0 Å². The number of anilines is 1. The summed E-state index contributed by atoms with van der Waals surface area (Å²) in [6.45, 7) is 2.17. The Morgan fingerprint density at radius 2 is 1.67 bits per heavy atom. The summed E-state index contributed by atoms with van der Waals surface area (Å²) >= 11 is 3.47. The van der Waals surface area contributed by atoms with Crippen molar-refractivity contribution in [3.05, 3.63) is 52.5 Å². The number of methoxy groups -OCH3 is 2. The van der Waals surface area contributed by atoms with E-state index in [4.69, 9.17) is 9.47 Å². The van der Waals surface area contributed by atoms with E-state index in [1.807, 2.05) is 18.2 Å². The van der Waals surface area contributed by atoms with Crippen molar-refractivity contribution in [2.75, 3.05) is 19.5 Å². The smallest absolute Gasteiger partial charge is 0.162 e. The average Bonchev–Trinajstić information content (AvgIpc) is 2.53. The third-order valence-electron chi connectivity index (χ3n) is 3.41. The lowest BCUT2D eigenvalue weighted by Crippen LogP contribution is -2.09. The Morgan fingerprint density at radius 1 is 1.00 bits per heavy atom. The van der Waals surface area contributed by atoms with Crippen molar-refractivity contribution >= 4 is 21.6 Å². The largest absolute Gasteiger partial charge is 0.493 e. The minimum Gasteiger partial charge on any atom is -0.493 e. The van der Waals surface area contributed by atoms with Gasteiger partial charge >= 0.3 is 0 Å². The van der Waals surface area contributed by atoms with Gasteiger partial charge in [0, 0.05) is 16.2 Å². The normalized spacial score (nSPS) is 11.8. The fraction of sp³-hybridized carbons (Fsp3) is 0.294. The summed E-state index contributed by atoms with van der Waals surface area (Å²) in [5.74, 6) is 1.47. The summed E-state index contributed by atoms with van der Waals surface area (Å²) in [7, 11) is 3.29. The molecule has 0 saturated carbocycles. The third-order valence-corrected chi connectivity index (χ3v) is 3.93. The number of hydrogen-bond donors (Lipinski definition) is 1. The second-order valence-electron chi connectivity index (χ2n) is 4.73. The van der Waals surface area contributed by atoms with Crippen molar-refractivity contribution in [2.45, 2.75) is 19.4 Å². The van der Waals surface area contributed by atoms with Gasteiger partial charge in [-0.25, -0.2) is 0 Å². The van der Waals surface area contributed by atoms with Gasteiger partial charge in [0.2, 0.25) is 0 Å². The van der Waals surface area contributed by atoms with Crippen LogP contribution in [0.1, 0.15) is 24.9 Å². The van der Waals surface area contributed by atoms with Crippen LogP contribution >= 0.6 is 15.9 Å². The molecule has 3 nitrogen and oxygen atoms in total. The molecule has 0 fully saturated rings. The van der Waals surface area contributed by atoms with Crippen molar-refractivity contribution in [2.24, 2.45) is 0 Å². The van der Waals surface area contributed by atoms with Crippen LogP contribution in [0.2, 0.25) is 0 Å². The van der Waals surface area contributed by atoms with Crippen molar-refractivity contribution in [3.63, 3.8) is 0 Å². The van der Waals surface area contributed by atoms with Crippen LogP contribution in [0.15, 0.2) is 46.9 Å². The van der Waals surface area contributed by atoms with E-state index >= 15 is 0 Å². The molecule has 1 unspecified atom stereocenters. The monoisotopic (exact) mass is 349 g/mol. The predicted molar refractivity (Wildman–Crippen MR) is 90.3 cm³/mol. The van der Waals surface area contributed by atoms with Gasteiger partial charge in [0.1, 0.15) is 0 Å². The van der Waals surface area contributed by atoms with Gasteiger partial charge in [-0.3, -0.25) is 0 Å². The number of rotatable bonds is 6. The van der Waals surface area contributed by atoms with Gasteiger partial charge < -0.3 is 14.8 Å². The molecule has 1 N–H and O–H groups in total. The number of halogens is 1. The first-order valence-electron chi connectivity index (χ1n) is 6.92. The standard InChI is InChI=1S/C17H20BrNO2/c1-4-15(12-5-7-13(18)8-6-12)19-14-9-10-16(20-2)17(11-14)21-3/h5-11,15,19H,4H2,1-3H3. The molecule has 0 radical (unpaired) electrons. The van der Waals surface area contributed by atoms with E-state index in [-0.39, 0.29) is 6.04 Å². The van der Waals surface area contributed by atoms with Crippen molar-refractivity contribution in [3.8, 4) is 11.5 Å². The van der Waals surface area contributed by atoms with E-state index in [9.17, 15) is 0 Å². The maximum absolute atomic E-state index is 5.34. The Morgan fingerprint density at radius 3 is 2.24 bits per heavy atom. The molecule has 2 aromatic rings. The molecular weight excluding hydrogens is 330 g/mol. The fourth-order valence-corrected chi connectivity index (χ4v) is 2.51. The number of ether oxygens (including phenoxy) is 2. The minimum absolute atomic E-state index is 0.260. The summed E-state index contributed by atoms with van der Waals surface area (Å²) in [4.78, 5) is 0. The minimum atomic E-state index is 0.260. The molecule has 21 heavy (non-hydrogen) atoms. The van der Waals surface area contributed by atoms with E-state index < -0.39 is 0 Å². The molecule has 0 saturated heterocycles. The molecule has 0 aliphatic heterocycles. The summed E-state index contributed by atoms with van der Waals surface area (Å²) in [6.07, 6.45) is 0.996. The average molecular weight is 350 g/mol. The van der Waals surface area contributed by atoms with Crippen LogP contribution in [-0.2, 0) is 0 Å². The van der Waals surface area contributed by atoms with Crippen LogP contribution in [0.3, 0.4) is 0 Å². The molecule has 1 atom stereocenters. The second-order valence-corrected chi connectivity index (χ2v) is 5.64. The molecule has 2 rings (SSSR count). The van der Waals surface area contributed by atoms with Crippen LogP contribution in [0.25, 0.3) is 0 Å². The molecule has 0 aromatic heterocycles. The molecule has 112 valence electrons. The zero-order valence-electron chi connectivity index (χ0n) is 12.5. The molecule has 0 spiro atoms. The van der Waals surface area contributed by atoms with E-state index in [1.54, 1.807) is 14.2 Å². The summed E-state index contributed by atoms with van der Waals surface area (Å²) in [6, 6.07) is 14.5. The highest BCUT2D eigenvalue weighted by atomic mass is 79.9. The SMILES string of the molecule is CCC(Nc1ccc(OC)c(OC)c1)c1ccc(Br)cc1. The molecule has 0 bridgehead atoms. The lowest BCUT2D eigenvalue weighted by Gasteiger charge is -2.20. The molecular formula is C17H20BrNO2. The molecule has 0 aliphatic rings. The maximum Gasteiger partial charge on any atom is 0.162 e. The van der Waals surface area contributed by atoms with Gasteiger partial charge in [0.15, 0.2) is 11.5 Å². The number of benzene rings is 2. The Hall–Kier alpha value is -1.68. The van der Waals surface area contributed by atoms with Gasteiger partial charge in [0.05, 0.1) is 20.3 Å². The van der Waals surface area contributed by atoms with Crippen molar-refractivity contribution in [1.82, 2.24) is 0 Å². The van der Waals surface area contributed by atoms with E-state index in [0.29, 0.717) is 0 Å². The van der Waals surface area contributed by atoms with Crippen LogP contribution in [0.5, 0.6) is 11.5 Å². The predicted octanol–water partition coefficient (Wildman–Crippen LogP) is 5.03. The van der Waals surface area contributed by atoms with E-state index in [0.717, 1.165) is 28.1 Å². The highest BCUT2D eigenvalue weighted by Gasteiger charge is 2.11. The van der Waals surface area contributed by atoms with Gasteiger partial charge in [-0.1, -0.05) is 35.0 Å². The highest BCUT2D eigenvalue weighted by molar-refractivity contribution is 9.10. The molecule has 0 heterocycles. The number of nitrogens with one attached hydrogen (secondary N) is 1. The fourth-order valence-electron chi connectivity index (χ4n) is 2.24. The highest BCUT2D eigenvalue weighted by Crippen LogP contribution is 2.32. The summed E-state index contributed by atoms with van der Waals surface area (Å²) < 4.78 is 11.7. The zero-order chi connectivity index (χ0) is 15.2. The van der Waals surface area contributed by atoms with Crippen LogP contribution in [0.4, 0.5) is 5.69 Å². The zero-order valence-corrected chi connectivity index (χ0v) is 14.1. The Labute approximate surface area is 134 Å². The van der Waals surface area contributed by atoms with Crippen molar-refractivity contribution < 1.29 is 9.47 Å². The lowest BCUT2D eigenvalue weighted by molar-refractivity contribution is 0.355. The van der Waals surface area contributed by atoms with E-state index in [2.05, 4.69) is 52.4 Å². The van der Waals surface area contributed by atoms with Gasteiger partial charge in [-0.05, 0) is 36.2 Å². The Balaban J connectivity index is 2.20. The molecule has 2 aromatic carbocycles. The summed E-state index contributed by atoms with van der Waals surface area (Å²) in [5, 5.41) is 3.54. The van der Waals surface area contributed by atoms with Crippen LogP contribution < -0.4 is 14.8 Å². The first kappa shape index (κ1) is 15.7. The van der Waals surface area contributed by atoms with Crippen LogP contribution in [-0.4, -0.2) is 14.2 Å². The number of hydrogen-bond acceptors (Lipinski definition) is 3. The first-order chi connectivity index (χ1) is 10.2. The van der Waals surface area contributed by atoms with Crippen LogP contribution in [0, 0.1) is 0 Å². The summed E-state index contributed by atoms with van der Waals surface area (Å²) in [5.41, 5.74) is 2.28. The first-order valence-corrected chi connectivity index (χ1v) is 7.71. The lowest BCUT2D eigenvalue weighted by atomic mass is 10.0. The Bertz CT molecular complexity index is 584. The topological polar surface area (TPSA) is 30.5 Å². The van der Waals surface area contributed by atoms with Gasteiger partial charge in [0.25, 0.3) is 0 Å². The second kappa shape index (κ2) is 7.36. The van der Waals surface area contributed by atoms with E-state index in [1.165, 1.54) is 5.56 Å².